The first-order valence-electron chi connectivity index (χ1n) is 3.20. The summed E-state index contributed by atoms with van der Waals surface area (Å²) in [6.45, 7) is 2.72. The first-order chi connectivity index (χ1) is 4.86. The Morgan fingerprint density at radius 3 is 3.40 bits per heavy atom. The zero-order chi connectivity index (χ0) is 6.97. The average Bonchev–Trinajstić information content (AvgIpc) is 2.27. The molecule has 0 aromatic carbocycles. The summed E-state index contributed by atoms with van der Waals surface area (Å²) < 4.78 is 1.73. The lowest BCUT2D eigenvalue weighted by molar-refractivity contribution is 0.898. The van der Waals surface area contributed by atoms with Gasteiger partial charge in [0.25, 0.3) is 0 Å². The SMILES string of the molecule is Cc1nc2n(n1)C=CCN2. The van der Waals surface area contributed by atoms with E-state index in [0.717, 1.165) is 18.3 Å². The molecule has 4 heteroatoms. The number of fused-ring (bicyclic) bond motifs is 1. The average molecular weight is 136 g/mol. The van der Waals surface area contributed by atoms with Crippen LogP contribution >= 0.6 is 0 Å². The van der Waals surface area contributed by atoms with Crippen molar-refractivity contribution < 1.29 is 0 Å². The molecule has 0 unspecified atom stereocenters. The summed E-state index contributed by atoms with van der Waals surface area (Å²) >= 11 is 0. The van der Waals surface area contributed by atoms with Crippen molar-refractivity contribution in [1.29, 1.82) is 0 Å². The predicted octanol–water partition coefficient (Wildman–Crippen LogP) is 0.483. The fourth-order valence-electron chi connectivity index (χ4n) is 0.957. The van der Waals surface area contributed by atoms with Crippen LogP contribution in [0.4, 0.5) is 5.95 Å². The molecule has 4 nitrogen and oxygen atoms in total. The minimum absolute atomic E-state index is 0.800. The van der Waals surface area contributed by atoms with Gasteiger partial charge in [0.2, 0.25) is 5.95 Å². The molecule has 1 N–H and O–H groups in total. The number of nitrogens with zero attached hydrogens (tertiary/aromatic N) is 3. The van der Waals surface area contributed by atoms with E-state index in [1.165, 1.54) is 0 Å². The van der Waals surface area contributed by atoms with Gasteiger partial charge in [0.1, 0.15) is 5.82 Å². The van der Waals surface area contributed by atoms with E-state index in [0.29, 0.717) is 0 Å². The van der Waals surface area contributed by atoms with Crippen LogP contribution < -0.4 is 5.32 Å². The van der Waals surface area contributed by atoms with Crippen LogP contribution in [-0.2, 0) is 0 Å². The van der Waals surface area contributed by atoms with Gasteiger partial charge in [-0.1, -0.05) is 0 Å². The molecule has 0 amide bonds. The minimum Gasteiger partial charge on any atom is -0.351 e. The van der Waals surface area contributed by atoms with Crippen molar-refractivity contribution in [2.75, 3.05) is 11.9 Å². The van der Waals surface area contributed by atoms with Crippen LogP contribution in [0.5, 0.6) is 0 Å². The Morgan fingerprint density at radius 2 is 2.60 bits per heavy atom. The molecule has 0 spiro atoms. The fraction of sp³-hybridized carbons (Fsp3) is 0.333. The van der Waals surface area contributed by atoms with Gasteiger partial charge in [0.15, 0.2) is 0 Å². The molecular weight excluding hydrogens is 128 g/mol. The van der Waals surface area contributed by atoms with Crippen molar-refractivity contribution in [3.05, 3.63) is 11.9 Å². The molecule has 10 heavy (non-hydrogen) atoms. The van der Waals surface area contributed by atoms with Crippen LogP contribution in [0, 0.1) is 6.92 Å². The smallest absolute Gasteiger partial charge is 0.225 e. The second kappa shape index (κ2) is 1.83. The third-order valence-electron chi connectivity index (χ3n) is 1.36. The molecule has 1 aromatic heterocycles. The molecule has 1 aliphatic heterocycles. The minimum atomic E-state index is 0.800. The summed E-state index contributed by atoms with van der Waals surface area (Å²) in [6, 6.07) is 0. The highest BCUT2D eigenvalue weighted by Crippen LogP contribution is 2.07. The first kappa shape index (κ1) is 5.46. The molecule has 0 saturated heterocycles. The highest BCUT2D eigenvalue weighted by atomic mass is 15.4. The largest absolute Gasteiger partial charge is 0.351 e. The van der Waals surface area contributed by atoms with Crippen LogP contribution in [0.2, 0.25) is 0 Å². The second-order valence-corrected chi connectivity index (χ2v) is 2.19. The van der Waals surface area contributed by atoms with Gasteiger partial charge < -0.3 is 5.32 Å². The Kier molecular flexibility index (Phi) is 1.00. The molecule has 1 aliphatic rings. The molecule has 0 aliphatic carbocycles. The molecule has 2 heterocycles. The van der Waals surface area contributed by atoms with E-state index in [4.69, 9.17) is 0 Å². The Hall–Kier alpha value is -1.32. The highest BCUT2D eigenvalue weighted by molar-refractivity contribution is 5.42. The maximum atomic E-state index is 4.14. The Morgan fingerprint density at radius 1 is 1.70 bits per heavy atom. The van der Waals surface area contributed by atoms with Gasteiger partial charge in [-0.05, 0) is 13.0 Å². The van der Waals surface area contributed by atoms with Crippen LogP contribution in [-0.4, -0.2) is 21.3 Å². The number of aryl methyl sites for hydroxylation is 1. The Labute approximate surface area is 58.6 Å². The van der Waals surface area contributed by atoms with Gasteiger partial charge in [-0.15, -0.1) is 0 Å². The standard InChI is InChI=1S/C6H8N4/c1-5-8-6-7-3-2-4-10(6)9-5/h2,4H,3H2,1H3,(H,7,8,9). The molecule has 52 valence electrons. The summed E-state index contributed by atoms with van der Waals surface area (Å²) in [5.41, 5.74) is 0. The van der Waals surface area contributed by atoms with Crippen LogP contribution in [0.3, 0.4) is 0 Å². The summed E-state index contributed by atoms with van der Waals surface area (Å²) in [6.07, 6.45) is 3.91. The second-order valence-electron chi connectivity index (χ2n) is 2.19. The van der Waals surface area contributed by atoms with E-state index >= 15 is 0 Å². The van der Waals surface area contributed by atoms with Gasteiger partial charge in [0.05, 0.1) is 0 Å². The van der Waals surface area contributed by atoms with Gasteiger partial charge in [-0.25, -0.2) is 4.68 Å². The van der Waals surface area contributed by atoms with Crippen LogP contribution in [0.15, 0.2) is 6.08 Å². The lowest BCUT2D eigenvalue weighted by atomic mass is 10.5. The maximum Gasteiger partial charge on any atom is 0.225 e. The zero-order valence-corrected chi connectivity index (χ0v) is 5.70. The lowest BCUT2D eigenvalue weighted by Crippen LogP contribution is -2.09. The number of hydrogen-bond donors (Lipinski definition) is 1. The topological polar surface area (TPSA) is 42.7 Å². The number of aromatic nitrogens is 3. The van der Waals surface area contributed by atoms with E-state index in [1.54, 1.807) is 4.68 Å². The number of hydrogen-bond acceptors (Lipinski definition) is 3. The molecule has 2 rings (SSSR count). The van der Waals surface area contributed by atoms with Crippen LogP contribution in [0.1, 0.15) is 5.82 Å². The zero-order valence-electron chi connectivity index (χ0n) is 5.70. The summed E-state index contributed by atoms with van der Waals surface area (Å²) in [5.74, 6) is 1.63. The Bertz CT molecular complexity index is 273. The van der Waals surface area contributed by atoms with Crippen LogP contribution in [0.25, 0.3) is 6.20 Å². The van der Waals surface area contributed by atoms with E-state index in [2.05, 4.69) is 15.4 Å². The summed E-state index contributed by atoms with van der Waals surface area (Å²) in [4.78, 5) is 4.14. The van der Waals surface area contributed by atoms with E-state index in [1.807, 2.05) is 19.2 Å². The molecule has 0 atom stereocenters. The molecule has 0 bridgehead atoms. The monoisotopic (exact) mass is 136 g/mol. The van der Waals surface area contributed by atoms with Gasteiger partial charge in [-0.2, -0.15) is 10.1 Å². The first-order valence-corrected chi connectivity index (χ1v) is 3.20. The molecular formula is C6H8N4. The third-order valence-corrected chi connectivity index (χ3v) is 1.36. The van der Waals surface area contributed by atoms with Crippen molar-refractivity contribution in [1.82, 2.24) is 14.8 Å². The van der Waals surface area contributed by atoms with E-state index < -0.39 is 0 Å². The lowest BCUT2D eigenvalue weighted by Gasteiger charge is -2.05. The van der Waals surface area contributed by atoms with Gasteiger partial charge >= 0.3 is 0 Å². The van der Waals surface area contributed by atoms with Gasteiger partial charge in [0, 0.05) is 12.7 Å². The third kappa shape index (κ3) is 0.689. The number of rotatable bonds is 0. The summed E-state index contributed by atoms with van der Waals surface area (Å²) in [7, 11) is 0. The molecule has 0 fully saturated rings. The van der Waals surface area contributed by atoms with Crippen molar-refractivity contribution in [3.63, 3.8) is 0 Å². The van der Waals surface area contributed by atoms with Gasteiger partial charge in [-0.3, -0.25) is 0 Å². The van der Waals surface area contributed by atoms with Crippen molar-refractivity contribution in [2.45, 2.75) is 6.92 Å². The van der Waals surface area contributed by atoms with E-state index in [9.17, 15) is 0 Å². The number of anilines is 1. The molecule has 0 radical (unpaired) electrons. The predicted molar refractivity (Wildman–Crippen MR) is 38.6 cm³/mol. The molecule has 1 aromatic rings. The summed E-state index contributed by atoms with van der Waals surface area (Å²) in [5, 5.41) is 7.19. The van der Waals surface area contributed by atoms with Crippen molar-refractivity contribution in [3.8, 4) is 0 Å². The number of nitrogens with one attached hydrogen (secondary N) is 1. The normalized spacial score (nSPS) is 14.5. The van der Waals surface area contributed by atoms with E-state index in [-0.39, 0.29) is 0 Å². The van der Waals surface area contributed by atoms with Crippen molar-refractivity contribution >= 4 is 12.1 Å². The maximum absolute atomic E-state index is 4.14. The Balaban J connectivity index is 2.53. The molecule has 0 saturated carbocycles. The quantitative estimate of drug-likeness (QED) is 0.564. The highest BCUT2D eigenvalue weighted by Gasteiger charge is 2.05. The fourth-order valence-corrected chi connectivity index (χ4v) is 0.957. The van der Waals surface area contributed by atoms with Crippen molar-refractivity contribution in [2.24, 2.45) is 0 Å².